The van der Waals surface area contributed by atoms with Crippen molar-refractivity contribution in [2.75, 3.05) is 0 Å². The van der Waals surface area contributed by atoms with Crippen molar-refractivity contribution in [2.45, 2.75) is 26.2 Å². The van der Waals surface area contributed by atoms with Gasteiger partial charge < -0.3 is 4.52 Å². The Hall–Kier alpha value is -1.35. The normalized spacial score (nSPS) is 11.8. The van der Waals surface area contributed by atoms with E-state index in [1.165, 1.54) is 5.56 Å². The van der Waals surface area contributed by atoms with Crippen LogP contribution >= 0.6 is 11.6 Å². The van der Waals surface area contributed by atoms with Crippen LogP contribution in [0.1, 0.15) is 26.3 Å². The maximum absolute atomic E-state index is 5.60. The van der Waals surface area contributed by atoms with Gasteiger partial charge in [0.2, 0.25) is 0 Å². The summed E-state index contributed by atoms with van der Waals surface area (Å²) in [7, 11) is 0. The van der Waals surface area contributed by atoms with Crippen molar-refractivity contribution in [2.24, 2.45) is 0 Å². The molecule has 0 bridgehead atoms. The standard InChI is InChI=1S/C12H13ClN2O/c1-12(2,3)9-6-4-8(5-7-9)10-14-11(13)15-16-10/h4-7H,1-3H3. The maximum Gasteiger partial charge on any atom is 0.264 e. The number of halogens is 1. The first-order valence-corrected chi connectivity index (χ1v) is 5.45. The van der Waals surface area contributed by atoms with Crippen LogP contribution in [0.2, 0.25) is 5.28 Å². The molecule has 0 N–H and O–H groups in total. The lowest BCUT2D eigenvalue weighted by Gasteiger charge is -2.18. The first-order valence-electron chi connectivity index (χ1n) is 5.07. The Balaban J connectivity index is 2.33. The lowest BCUT2D eigenvalue weighted by molar-refractivity contribution is 0.430. The molecule has 16 heavy (non-hydrogen) atoms. The Labute approximate surface area is 99.4 Å². The van der Waals surface area contributed by atoms with Crippen molar-refractivity contribution >= 4 is 11.6 Å². The zero-order valence-corrected chi connectivity index (χ0v) is 10.2. The van der Waals surface area contributed by atoms with Gasteiger partial charge in [0.15, 0.2) is 0 Å². The molecule has 3 nitrogen and oxygen atoms in total. The van der Waals surface area contributed by atoms with Gasteiger partial charge in [-0.05, 0) is 39.9 Å². The average Bonchev–Trinajstić information content (AvgIpc) is 2.64. The van der Waals surface area contributed by atoms with Crippen LogP contribution in [0, 0.1) is 0 Å². The highest BCUT2D eigenvalue weighted by Gasteiger charge is 2.14. The molecule has 0 radical (unpaired) electrons. The number of hydrogen-bond donors (Lipinski definition) is 0. The molecule has 0 unspecified atom stereocenters. The smallest absolute Gasteiger partial charge is 0.264 e. The van der Waals surface area contributed by atoms with Crippen molar-refractivity contribution in [3.8, 4) is 11.5 Å². The number of nitrogens with zero attached hydrogens (tertiary/aromatic N) is 2. The summed E-state index contributed by atoms with van der Waals surface area (Å²) in [5.41, 5.74) is 2.29. The van der Waals surface area contributed by atoms with Crippen LogP contribution in [0.3, 0.4) is 0 Å². The number of aromatic nitrogens is 2. The van der Waals surface area contributed by atoms with E-state index < -0.39 is 0 Å². The first-order chi connectivity index (χ1) is 7.47. The molecule has 1 heterocycles. The molecular weight excluding hydrogens is 224 g/mol. The maximum atomic E-state index is 5.60. The van der Waals surface area contributed by atoms with Crippen molar-refractivity contribution in [3.05, 3.63) is 35.1 Å². The molecule has 0 amide bonds. The minimum Gasteiger partial charge on any atom is -0.333 e. The predicted molar refractivity (Wildman–Crippen MR) is 63.4 cm³/mol. The third-order valence-electron chi connectivity index (χ3n) is 2.40. The van der Waals surface area contributed by atoms with E-state index >= 15 is 0 Å². The molecular formula is C12H13ClN2O. The number of hydrogen-bond acceptors (Lipinski definition) is 3. The van der Waals surface area contributed by atoms with Gasteiger partial charge in [-0.1, -0.05) is 32.9 Å². The lowest BCUT2D eigenvalue weighted by atomic mass is 9.87. The van der Waals surface area contributed by atoms with E-state index in [2.05, 4.69) is 43.0 Å². The van der Waals surface area contributed by atoms with E-state index in [1.807, 2.05) is 12.1 Å². The third kappa shape index (κ3) is 2.25. The summed E-state index contributed by atoms with van der Waals surface area (Å²) in [5.74, 6) is 0.449. The fourth-order valence-corrected chi connectivity index (χ4v) is 1.55. The molecule has 1 aromatic heterocycles. The Morgan fingerprint density at radius 1 is 1.12 bits per heavy atom. The van der Waals surface area contributed by atoms with Gasteiger partial charge in [0, 0.05) is 5.56 Å². The Bertz CT molecular complexity index is 482. The van der Waals surface area contributed by atoms with Gasteiger partial charge in [0.05, 0.1) is 0 Å². The number of rotatable bonds is 1. The molecule has 0 spiro atoms. The van der Waals surface area contributed by atoms with Crippen LogP contribution < -0.4 is 0 Å². The Morgan fingerprint density at radius 3 is 2.19 bits per heavy atom. The number of benzene rings is 1. The van der Waals surface area contributed by atoms with E-state index in [0.717, 1.165) is 5.56 Å². The zero-order valence-electron chi connectivity index (χ0n) is 9.49. The average molecular weight is 237 g/mol. The minimum absolute atomic E-state index is 0.134. The second-order valence-corrected chi connectivity index (χ2v) is 5.03. The van der Waals surface area contributed by atoms with Gasteiger partial charge in [0.1, 0.15) is 0 Å². The highest BCUT2D eigenvalue weighted by Crippen LogP contribution is 2.25. The van der Waals surface area contributed by atoms with E-state index in [0.29, 0.717) is 5.89 Å². The fraction of sp³-hybridized carbons (Fsp3) is 0.333. The molecule has 0 aliphatic heterocycles. The Morgan fingerprint density at radius 2 is 1.75 bits per heavy atom. The first kappa shape index (κ1) is 11.1. The van der Waals surface area contributed by atoms with Gasteiger partial charge >= 0.3 is 0 Å². The topological polar surface area (TPSA) is 38.9 Å². The largest absolute Gasteiger partial charge is 0.333 e. The summed E-state index contributed by atoms with van der Waals surface area (Å²) in [6.07, 6.45) is 0. The van der Waals surface area contributed by atoms with E-state index in [9.17, 15) is 0 Å². The van der Waals surface area contributed by atoms with Crippen LogP contribution in [0.5, 0.6) is 0 Å². The van der Waals surface area contributed by atoms with Gasteiger partial charge in [-0.3, -0.25) is 0 Å². The predicted octanol–water partition coefficient (Wildman–Crippen LogP) is 3.69. The SMILES string of the molecule is CC(C)(C)c1ccc(-c2nc(Cl)no2)cc1. The highest BCUT2D eigenvalue weighted by atomic mass is 35.5. The highest BCUT2D eigenvalue weighted by molar-refractivity contribution is 6.28. The van der Waals surface area contributed by atoms with E-state index in [4.69, 9.17) is 16.1 Å². The monoisotopic (exact) mass is 236 g/mol. The third-order valence-corrected chi connectivity index (χ3v) is 2.55. The van der Waals surface area contributed by atoms with Crippen LogP contribution in [-0.4, -0.2) is 10.1 Å². The van der Waals surface area contributed by atoms with Gasteiger partial charge in [0.25, 0.3) is 11.2 Å². The molecule has 0 saturated carbocycles. The van der Waals surface area contributed by atoms with Crippen LogP contribution in [0.25, 0.3) is 11.5 Å². The summed E-state index contributed by atoms with van der Waals surface area (Å²) in [4.78, 5) is 3.96. The molecule has 0 atom stereocenters. The van der Waals surface area contributed by atoms with Gasteiger partial charge in [-0.2, -0.15) is 4.98 Å². The lowest BCUT2D eigenvalue weighted by Crippen LogP contribution is -2.10. The Kier molecular flexibility index (Phi) is 2.72. The second-order valence-electron chi connectivity index (χ2n) is 4.70. The molecule has 1 aromatic carbocycles. The van der Waals surface area contributed by atoms with Crippen molar-refractivity contribution < 1.29 is 4.52 Å². The van der Waals surface area contributed by atoms with Crippen molar-refractivity contribution in [3.63, 3.8) is 0 Å². The molecule has 2 rings (SSSR count). The second kappa shape index (κ2) is 3.91. The zero-order chi connectivity index (χ0) is 11.8. The fourth-order valence-electron chi connectivity index (χ4n) is 1.44. The molecule has 0 saturated heterocycles. The summed E-state index contributed by atoms with van der Waals surface area (Å²) < 4.78 is 4.98. The van der Waals surface area contributed by atoms with Crippen LogP contribution in [-0.2, 0) is 5.41 Å². The summed E-state index contributed by atoms with van der Waals surface area (Å²) in [5, 5.41) is 3.68. The molecule has 2 aromatic rings. The molecule has 4 heteroatoms. The molecule has 84 valence electrons. The minimum atomic E-state index is 0.134. The van der Waals surface area contributed by atoms with E-state index in [1.54, 1.807) is 0 Å². The van der Waals surface area contributed by atoms with Gasteiger partial charge in [-0.25, -0.2) is 0 Å². The summed E-state index contributed by atoms with van der Waals surface area (Å²) >= 11 is 5.60. The summed E-state index contributed by atoms with van der Waals surface area (Å²) in [6.45, 7) is 6.52. The van der Waals surface area contributed by atoms with Crippen molar-refractivity contribution in [1.82, 2.24) is 10.1 Å². The van der Waals surface area contributed by atoms with Crippen LogP contribution in [0.4, 0.5) is 0 Å². The van der Waals surface area contributed by atoms with E-state index in [-0.39, 0.29) is 10.7 Å². The van der Waals surface area contributed by atoms with Crippen molar-refractivity contribution in [1.29, 1.82) is 0 Å². The summed E-state index contributed by atoms with van der Waals surface area (Å²) in [6, 6.07) is 8.05. The van der Waals surface area contributed by atoms with Gasteiger partial charge in [-0.15, -0.1) is 0 Å². The molecule has 0 fully saturated rings. The molecule has 0 aliphatic carbocycles. The molecule has 0 aliphatic rings. The van der Waals surface area contributed by atoms with Crippen LogP contribution in [0.15, 0.2) is 28.8 Å². The quantitative estimate of drug-likeness (QED) is 0.758.